The molecule has 0 spiro atoms. The lowest BCUT2D eigenvalue weighted by molar-refractivity contribution is 0.344. The molecule has 0 amide bonds. The van der Waals surface area contributed by atoms with E-state index in [1.54, 1.807) is 50.6 Å². The van der Waals surface area contributed by atoms with Gasteiger partial charge >= 0.3 is 0 Å². The van der Waals surface area contributed by atoms with Crippen LogP contribution in [0.1, 0.15) is 31.7 Å². The summed E-state index contributed by atoms with van der Waals surface area (Å²) in [4.78, 5) is 0. The van der Waals surface area contributed by atoms with Crippen LogP contribution in [0, 0.1) is 5.82 Å². The van der Waals surface area contributed by atoms with E-state index in [0.717, 1.165) is 11.3 Å². The number of ether oxygens (including phenoxy) is 3. The Hall–Kier alpha value is -3.77. The summed E-state index contributed by atoms with van der Waals surface area (Å²) in [5.74, 6) is 2.98. The summed E-state index contributed by atoms with van der Waals surface area (Å²) < 4.78 is 58.4. The Balaban J connectivity index is 1.34. The van der Waals surface area contributed by atoms with E-state index in [2.05, 4.69) is 10.2 Å². The predicted octanol–water partition coefficient (Wildman–Crippen LogP) is 5.46. The minimum absolute atomic E-state index is 0.179. The van der Waals surface area contributed by atoms with E-state index < -0.39 is 15.4 Å². The fourth-order valence-electron chi connectivity index (χ4n) is 4.88. The van der Waals surface area contributed by atoms with E-state index in [9.17, 15) is 12.8 Å². The van der Waals surface area contributed by atoms with Gasteiger partial charge in [0, 0.05) is 18.0 Å². The van der Waals surface area contributed by atoms with Gasteiger partial charge in [0.05, 0.1) is 37.7 Å². The maximum atomic E-state index is 13.8. The van der Waals surface area contributed by atoms with Crippen LogP contribution in [0.2, 0.25) is 0 Å². The van der Waals surface area contributed by atoms with Crippen LogP contribution in [0.3, 0.4) is 0 Å². The number of halogens is 1. The van der Waals surface area contributed by atoms with Gasteiger partial charge in [0.25, 0.3) is 0 Å². The Bertz CT molecular complexity index is 1640. The standard InChI is InChI=1S/C30H33FN4O5S2/c1-30(2,21-6-15-26(38-3)27(20-21)39-4)28-32-33-29(35(28)24-9-7-22(31)8-10-24)41-18-17-40-25-13-11-23(12-14-25)34-16-5-19-42(34,36)37/h6-15,20H,5,16-19H2,1-4H3. The van der Waals surface area contributed by atoms with Crippen LogP contribution in [-0.4, -0.2) is 62.1 Å². The average molecular weight is 613 g/mol. The van der Waals surface area contributed by atoms with Crippen LogP contribution >= 0.6 is 11.8 Å². The lowest BCUT2D eigenvalue weighted by Crippen LogP contribution is -2.24. The number of anilines is 1. The van der Waals surface area contributed by atoms with E-state index in [-0.39, 0.29) is 11.6 Å². The quantitative estimate of drug-likeness (QED) is 0.163. The molecule has 12 heteroatoms. The summed E-state index contributed by atoms with van der Waals surface area (Å²) in [6, 6.07) is 19.1. The number of sulfonamides is 1. The van der Waals surface area contributed by atoms with Crippen molar-refractivity contribution in [3.05, 3.63) is 83.9 Å². The molecule has 0 bridgehead atoms. The lowest BCUT2D eigenvalue weighted by atomic mass is 9.83. The fraction of sp³-hybridized carbons (Fsp3) is 0.333. The zero-order chi connectivity index (χ0) is 29.9. The topological polar surface area (TPSA) is 95.8 Å². The van der Waals surface area contributed by atoms with Crippen molar-refractivity contribution in [2.45, 2.75) is 30.8 Å². The van der Waals surface area contributed by atoms with Gasteiger partial charge in [0.2, 0.25) is 10.0 Å². The van der Waals surface area contributed by atoms with E-state index >= 15 is 0 Å². The van der Waals surface area contributed by atoms with Gasteiger partial charge in [0.1, 0.15) is 17.4 Å². The highest BCUT2D eigenvalue weighted by Crippen LogP contribution is 2.38. The summed E-state index contributed by atoms with van der Waals surface area (Å²) in [5, 5.41) is 9.74. The first kappa shape index (κ1) is 29.7. The predicted molar refractivity (Wildman–Crippen MR) is 161 cm³/mol. The van der Waals surface area contributed by atoms with Crippen molar-refractivity contribution in [3.63, 3.8) is 0 Å². The highest BCUT2D eigenvalue weighted by atomic mass is 32.2. The molecule has 9 nitrogen and oxygen atoms in total. The summed E-state index contributed by atoms with van der Waals surface area (Å²) in [6.45, 7) is 4.98. The summed E-state index contributed by atoms with van der Waals surface area (Å²) >= 11 is 1.47. The number of methoxy groups -OCH3 is 2. The molecule has 3 aromatic carbocycles. The Morgan fingerprint density at radius 2 is 1.62 bits per heavy atom. The zero-order valence-electron chi connectivity index (χ0n) is 23.9. The molecule has 4 aromatic rings. The van der Waals surface area contributed by atoms with Gasteiger partial charge in [-0.2, -0.15) is 0 Å². The zero-order valence-corrected chi connectivity index (χ0v) is 25.5. The minimum Gasteiger partial charge on any atom is -0.493 e. The summed E-state index contributed by atoms with van der Waals surface area (Å²) in [6.07, 6.45) is 0.632. The number of aromatic nitrogens is 3. The third kappa shape index (κ3) is 6.05. The van der Waals surface area contributed by atoms with Crippen molar-refractivity contribution in [1.82, 2.24) is 14.8 Å². The van der Waals surface area contributed by atoms with Gasteiger partial charge in [-0.25, -0.2) is 12.8 Å². The monoisotopic (exact) mass is 612 g/mol. The molecule has 1 aliphatic rings. The second kappa shape index (κ2) is 12.2. The highest BCUT2D eigenvalue weighted by molar-refractivity contribution is 7.99. The van der Waals surface area contributed by atoms with Crippen molar-refractivity contribution in [1.29, 1.82) is 0 Å². The SMILES string of the molecule is COc1ccc(C(C)(C)c2nnc(SCCOc3ccc(N4CCCS4(=O)=O)cc3)n2-c2ccc(F)cc2)cc1OC. The van der Waals surface area contributed by atoms with Gasteiger partial charge in [-0.3, -0.25) is 8.87 Å². The van der Waals surface area contributed by atoms with E-state index in [1.165, 1.54) is 28.2 Å². The molecule has 1 aromatic heterocycles. The Kier molecular flexibility index (Phi) is 8.65. The van der Waals surface area contributed by atoms with Crippen molar-refractivity contribution >= 4 is 27.5 Å². The molecule has 0 N–H and O–H groups in total. The molecule has 42 heavy (non-hydrogen) atoms. The lowest BCUT2D eigenvalue weighted by Gasteiger charge is -2.26. The van der Waals surface area contributed by atoms with Crippen molar-refractivity contribution in [3.8, 4) is 22.9 Å². The first-order valence-corrected chi connectivity index (χ1v) is 16.0. The molecule has 0 atom stereocenters. The first-order chi connectivity index (χ1) is 20.1. The molecular weight excluding hydrogens is 579 g/mol. The molecule has 0 radical (unpaired) electrons. The highest BCUT2D eigenvalue weighted by Gasteiger charge is 2.32. The Morgan fingerprint density at radius 3 is 2.26 bits per heavy atom. The molecule has 1 aliphatic heterocycles. The fourth-order valence-corrected chi connectivity index (χ4v) is 7.21. The number of benzene rings is 3. The molecule has 5 rings (SSSR count). The normalized spacial score (nSPS) is 14.6. The van der Waals surface area contributed by atoms with Crippen LogP contribution in [0.15, 0.2) is 71.9 Å². The summed E-state index contributed by atoms with van der Waals surface area (Å²) in [7, 11) is -0.0353. The van der Waals surface area contributed by atoms with Gasteiger partial charge < -0.3 is 14.2 Å². The number of hydrogen-bond acceptors (Lipinski definition) is 8. The van der Waals surface area contributed by atoms with Gasteiger partial charge in [-0.1, -0.05) is 17.8 Å². The van der Waals surface area contributed by atoms with Crippen LogP contribution < -0.4 is 18.5 Å². The van der Waals surface area contributed by atoms with Crippen LogP contribution in [0.25, 0.3) is 5.69 Å². The second-order valence-corrected chi connectivity index (χ2v) is 13.3. The summed E-state index contributed by atoms with van der Waals surface area (Å²) in [5.41, 5.74) is 1.73. The minimum atomic E-state index is -3.23. The van der Waals surface area contributed by atoms with Crippen LogP contribution in [0.5, 0.6) is 17.2 Å². The molecule has 2 heterocycles. The Morgan fingerprint density at radius 1 is 0.929 bits per heavy atom. The number of thioether (sulfide) groups is 1. The second-order valence-electron chi connectivity index (χ2n) is 10.2. The third-order valence-electron chi connectivity index (χ3n) is 7.19. The molecule has 0 saturated carbocycles. The molecule has 0 unspecified atom stereocenters. The van der Waals surface area contributed by atoms with Crippen molar-refractivity contribution < 1.29 is 27.0 Å². The maximum absolute atomic E-state index is 13.8. The molecule has 1 fully saturated rings. The smallest absolute Gasteiger partial charge is 0.235 e. The van der Waals surface area contributed by atoms with Crippen molar-refractivity contribution in [2.75, 3.05) is 43.2 Å². The van der Waals surface area contributed by atoms with E-state index in [0.29, 0.717) is 59.2 Å². The number of hydrogen-bond donors (Lipinski definition) is 0. The van der Waals surface area contributed by atoms with Crippen LogP contribution in [-0.2, 0) is 15.4 Å². The number of rotatable bonds is 11. The molecule has 0 aliphatic carbocycles. The average Bonchev–Trinajstić information content (AvgIpc) is 3.58. The van der Waals surface area contributed by atoms with Crippen LogP contribution in [0.4, 0.5) is 10.1 Å². The van der Waals surface area contributed by atoms with E-state index in [4.69, 9.17) is 14.2 Å². The third-order valence-corrected chi connectivity index (χ3v) is 9.95. The Labute approximate surface area is 249 Å². The van der Waals surface area contributed by atoms with Gasteiger partial charge in [-0.15, -0.1) is 10.2 Å². The first-order valence-electron chi connectivity index (χ1n) is 13.4. The van der Waals surface area contributed by atoms with Gasteiger partial charge in [0.15, 0.2) is 16.7 Å². The molecular formula is C30H33FN4O5S2. The van der Waals surface area contributed by atoms with Gasteiger partial charge in [-0.05, 0) is 86.5 Å². The number of nitrogens with zero attached hydrogens (tertiary/aromatic N) is 4. The van der Waals surface area contributed by atoms with E-state index in [1.807, 2.05) is 36.6 Å². The molecule has 222 valence electrons. The largest absolute Gasteiger partial charge is 0.493 e. The maximum Gasteiger partial charge on any atom is 0.235 e. The van der Waals surface area contributed by atoms with Crippen molar-refractivity contribution in [2.24, 2.45) is 0 Å². The molecule has 1 saturated heterocycles.